The summed E-state index contributed by atoms with van der Waals surface area (Å²) in [5, 5.41) is 12.4. The van der Waals surface area contributed by atoms with Gasteiger partial charge in [0.2, 0.25) is 0 Å². The molecule has 5 rings (SSSR count). The van der Waals surface area contributed by atoms with Crippen LogP contribution in [0.2, 0.25) is 0 Å². The molecule has 3 aliphatic rings. The maximum Gasteiger partial charge on any atom is 0.174 e. The number of rotatable bonds is 3. The molecule has 27 heavy (non-hydrogen) atoms. The molecule has 5 heterocycles. The highest BCUT2D eigenvalue weighted by molar-refractivity contribution is 7.10. The van der Waals surface area contributed by atoms with E-state index < -0.39 is 0 Å². The lowest BCUT2D eigenvalue weighted by molar-refractivity contribution is 0.458. The van der Waals surface area contributed by atoms with Crippen LogP contribution in [0.15, 0.2) is 41.0 Å². The van der Waals surface area contributed by atoms with Crippen molar-refractivity contribution in [3.8, 4) is 0 Å². The summed E-state index contributed by atoms with van der Waals surface area (Å²) in [6.45, 7) is 2.82. The van der Waals surface area contributed by atoms with Crippen molar-refractivity contribution in [2.24, 2.45) is 17.0 Å². The summed E-state index contributed by atoms with van der Waals surface area (Å²) in [4.78, 5) is 11.5. The van der Waals surface area contributed by atoms with Gasteiger partial charge in [0.05, 0.1) is 18.8 Å². The first-order chi connectivity index (χ1) is 13.3. The minimum Gasteiger partial charge on any atom is -0.327 e. The molecule has 1 fully saturated rings. The van der Waals surface area contributed by atoms with Gasteiger partial charge < -0.3 is 15.5 Å². The van der Waals surface area contributed by atoms with E-state index in [4.69, 9.17) is 4.99 Å². The predicted octanol–water partition coefficient (Wildman–Crippen LogP) is 2.09. The molecule has 2 atom stereocenters. The molecule has 0 amide bonds. The summed E-state index contributed by atoms with van der Waals surface area (Å²) in [5.41, 5.74) is 2.44. The Bertz CT molecular complexity index is 917. The molecule has 2 aromatic heterocycles. The summed E-state index contributed by atoms with van der Waals surface area (Å²) in [5.74, 6) is 2.18. The number of amidine groups is 2. The number of aryl methyl sites for hydroxylation is 1. The van der Waals surface area contributed by atoms with Crippen LogP contribution >= 0.6 is 11.5 Å². The van der Waals surface area contributed by atoms with Gasteiger partial charge >= 0.3 is 0 Å². The minimum absolute atomic E-state index is 0.167. The fraction of sp³-hybridized carbons (Fsp3) is 0.444. The van der Waals surface area contributed by atoms with Crippen molar-refractivity contribution in [1.82, 2.24) is 24.4 Å². The minimum atomic E-state index is 0.167. The zero-order valence-electron chi connectivity index (χ0n) is 15.2. The highest BCUT2D eigenvalue weighted by atomic mass is 32.1. The normalized spacial score (nSPS) is 24.6. The predicted molar refractivity (Wildman–Crippen MR) is 107 cm³/mol. The fourth-order valence-electron chi connectivity index (χ4n) is 3.92. The monoisotopic (exact) mass is 382 g/mol. The lowest BCUT2D eigenvalue weighted by Crippen LogP contribution is -2.37. The zero-order valence-corrected chi connectivity index (χ0v) is 16.0. The fourth-order valence-corrected chi connectivity index (χ4v) is 4.66. The highest BCUT2D eigenvalue weighted by Gasteiger charge is 2.33. The van der Waals surface area contributed by atoms with Gasteiger partial charge in [0.25, 0.3) is 0 Å². The van der Waals surface area contributed by atoms with Crippen molar-refractivity contribution in [3.05, 3.63) is 42.1 Å². The highest BCUT2D eigenvalue weighted by Crippen LogP contribution is 2.34. The summed E-state index contributed by atoms with van der Waals surface area (Å²) >= 11 is 1.49. The van der Waals surface area contributed by atoms with Gasteiger partial charge in [-0.3, -0.25) is 9.67 Å². The third-order valence-electron chi connectivity index (χ3n) is 5.31. The summed E-state index contributed by atoms with van der Waals surface area (Å²) < 4.78 is 6.26. The van der Waals surface area contributed by atoms with Gasteiger partial charge in [-0.1, -0.05) is 0 Å². The second kappa shape index (κ2) is 6.90. The molecule has 2 unspecified atom stereocenters. The van der Waals surface area contributed by atoms with Crippen LogP contribution < -0.4 is 10.6 Å². The largest absolute Gasteiger partial charge is 0.327 e. The van der Waals surface area contributed by atoms with Crippen LogP contribution in [0.1, 0.15) is 35.9 Å². The molecule has 3 aliphatic heterocycles. The summed E-state index contributed by atoms with van der Waals surface area (Å²) in [7, 11) is 1.94. The first-order valence-electron chi connectivity index (χ1n) is 9.28. The topological polar surface area (TPSA) is 82.7 Å². The quantitative estimate of drug-likeness (QED) is 0.849. The Hall–Kier alpha value is -2.52. The van der Waals surface area contributed by atoms with Gasteiger partial charge in [0.1, 0.15) is 5.00 Å². The van der Waals surface area contributed by atoms with E-state index in [-0.39, 0.29) is 6.04 Å². The molecule has 0 bridgehead atoms. The maximum absolute atomic E-state index is 4.76. The Balaban J connectivity index is 1.36. The summed E-state index contributed by atoms with van der Waals surface area (Å²) in [6, 6.07) is 0.167. The third-order valence-corrected chi connectivity index (χ3v) is 6.04. The first kappa shape index (κ1) is 16.6. The number of piperidine rings is 1. The average molecular weight is 382 g/mol. The molecule has 0 spiro atoms. The molecule has 8 nitrogen and oxygen atoms in total. The number of anilines is 1. The van der Waals surface area contributed by atoms with Gasteiger partial charge in [-0.05, 0) is 30.9 Å². The van der Waals surface area contributed by atoms with Crippen LogP contribution in [-0.4, -0.2) is 50.4 Å². The molecular weight excluding hydrogens is 360 g/mol. The van der Waals surface area contributed by atoms with Gasteiger partial charge in [0.15, 0.2) is 11.7 Å². The van der Waals surface area contributed by atoms with Crippen LogP contribution in [0.5, 0.6) is 0 Å². The van der Waals surface area contributed by atoms with Crippen molar-refractivity contribution >= 4 is 28.2 Å². The van der Waals surface area contributed by atoms with Crippen molar-refractivity contribution in [2.45, 2.75) is 24.8 Å². The second-order valence-electron chi connectivity index (χ2n) is 7.09. The van der Waals surface area contributed by atoms with Gasteiger partial charge in [-0.15, -0.1) is 0 Å². The molecule has 0 aromatic carbocycles. The number of aliphatic imine (C=N–C) groups is 2. The van der Waals surface area contributed by atoms with Crippen molar-refractivity contribution in [2.75, 3.05) is 25.0 Å². The second-order valence-corrected chi connectivity index (χ2v) is 7.89. The lowest BCUT2D eigenvalue weighted by Gasteiger charge is -2.27. The number of hydrogen-bond acceptors (Lipinski definition) is 8. The van der Waals surface area contributed by atoms with E-state index >= 15 is 0 Å². The van der Waals surface area contributed by atoms with E-state index in [9.17, 15) is 0 Å². The lowest BCUT2D eigenvalue weighted by atomic mass is 9.94. The van der Waals surface area contributed by atoms with Crippen LogP contribution in [0.4, 0.5) is 5.00 Å². The Morgan fingerprint density at radius 3 is 3.11 bits per heavy atom. The Labute approximate surface area is 161 Å². The molecule has 1 saturated heterocycles. The SMILES string of the molecule is Cn1cc(C2CN=C3C(Nc4sncc4C4CCCNC4)=NC=CN32)cn1. The average Bonchev–Trinajstić information content (AvgIpc) is 3.42. The number of nitrogens with one attached hydrogen (secondary N) is 2. The van der Waals surface area contributed by atoms with Crippen molar-refractivity contribution < 1.29 is 0 Å². The van der Waals surface area contributed by atoms with Gasteiger partial charge in [-0.2, -0.15) is 9.47 Å². The maximum atomic E-state index is 4.76. The number of aromatic nitrogens is 3. The first-order valence-corrected chi connectivity index (χ1v) is 10.1. The van der Waals surface area contributed by atoms with E-state index in [0.717, 1.165) is 35.3 Å². The van der Waals surface area contributed by atoms with Crippen LogP contribution in [0, 0.1) is 0 Å². The third kappa shape index (κ3) is 3.06. The van der Waals surface area contributed by atoms with Crippen molar-refractivity contribution in [1.29, 1.82) is 0 Å². The molecule has 140 valence electrons. The molecular formula is C18H22N8S. The molecule has 0 aliphatic carbocycles. The smallest absolute Gasteiger partial charge is 0.174 e. The van der Waals surface area contributed by atoms with E-state index in [2.05, 4.69) is 30.0 Å². The van der Waals surface area contributed by atoms with Crippen LogP contribution in [0.25, 0.3) is 0 Å². The molecule has 2 aromatic rings. The Morgan fingerprint density at radius 1 is 1.33 bits per heavy atom. The standard InChI is InChI=1S/C18H22N8S/c1-25-11-13(8-22-25)15-10-21-17-16(20-5-6-26(15)17)24-18-14(9-23-27-18)12-3-2-4-19-7-12/h5-6,8-9,11-12,15,19H,2-4,7,10H2,1H3,(H,20,24). The Morgan fingerprint density at radius 2 is 2.30 bits per heavy atom. The van der Waals surface area contributed by atoms with E-state index in [1.807, 2.05) is 42.7 Å². The number of hydrogen-bond donors (Lipinski definition) is 2. The van der Waals surface area contributed by atoms with Crippen LogP contribution in [0.3, 0.4) is 0 Å². The number of nitrogens with zero attached hydrogens (tertiary/aromatic N) is 6. The van der Waals surface area contributed by atoms with Crippen LogP contribution in [-0.2, 0) is 7.05 Å². The van der Waals surface area contributed by atoms with E-state index in [0.29, 0.717) is 12.5 Å². The molecule has 0 radical (unpaired) electrons. The molecule has 2 N–H and O–H groups in total. The van der Waals surface area contributed by atoms with Gasteiger partial charge in [0, 0.05) is 55.4 Å². The van der Waals surface area contributed by atoms with E-state index in [1.54, 1.807) is 0 Å². The van der Waals surface area contributed by atoms with E-state index in [1.165, 1.54) is 29.9 Å². The summed E-state index contributed by atoms with van der Waals surface area (Å²) in [6.07, 6.45) is 12.2. The Kier molecular flexibility index (Phi) is 4.25. The van der Waals surface area contributed by atoms with Crippen molar-refractivity contribution in [3.63, 3.8) is 0 Å². The molecule has 9 heteroatoms. The number of fused-ring (bicyclic) bond motifs is 1. The molecule has 0 saturated carbocycles. The zero-order chi connectivity index (χ0) is 18.2. The van der Waals surface area contributed by atoms with Gasteiger partial charge in [-0.25, -0.2) is 4.99 Å².